The first kappa shape index (κ1) is 27.4. The minimum absolute atomic E-state index is 0.113. The third-order valence-electron chi connectivity index (χ3n) is 7.22. The van der Waals surface area contributed by atoms with E-state index in [1.165, 1.54) is 24.4 Å². The molecule has 216 valence electrons. The molecule has 42 heavy (non-hydrogen) atoms. The van der Waals surface area contributed by atoms with Crippen LogP contribution in [0.1, 0.15) is 16.8 Å². The molecular formula is C29H28F3N9O. The number of halogens is 3. The van der Waals surface area contributed by atoms with Crippen LogP contribution in [0.4, 0.5) is 24.8 Å². The van der Waals surface area contributed by atoms with Gasteiger partial charge in [0, 0.05) is 63.2 Å². The Morgan fingerprint density at radius 1 is 1.00 bits per heavy atom. The van der Waals surface area contributed by atoms with Crippen LogP contribution in [0.15, 0.2) is 60.9 Å². The first-order chi connectivity index (χ1) is 20.4. The molecule has 0 bridgehead atoms. The van der Waals surface area contributed by atoms with Crippen LogP contribution < -0.4 is 10.2 Å². The van der Waals surface area contributed by atoms with Gasteiger partial charge in [0.25, 0.3) is 5.91 Å². The summed E-state index contributed by atoms with van der Waals surface area (Å²) in [5.74, 6) is -0.521. The van der Waals surface area contributed by atoms with Crippen molar-refractivity contribution in [3.63, 3.8) is 0 Å². The number of amides is 1. The average molecular weight is 576 g/mol. The fraction of sp³-hybridized carbons (Fsp3) is 0.276. The van der Waals surface area contributed by atoms with Crippen molar-refractivity contribution in [1.82, 2.24) is 34.3 Å². The van der Waals surface area contributed by atoms with Crippen molar-refractivity contribution in [3.05, 3.63) is 78.3 Å². The van der Waals surface area contributed by atoms with E-state index in [0.717, 1.165) is 55.7 Å². The van der Waals surface area contributed by atoms with E-state index in [0.29, 0.717) is 23.5 Å². The monoisotopic (exact) mass is 575 g/mol. The van der Waals surface area contributed by atoms with E-state index in [1.54, 1.807) is 28.9 Å². The lowest BCUT2D eigenvalue weighted by molar-refractivity contribution is 0.102. The lowest BCUT2D eigenvalue weighted by atomic mass is 10.0. The van der Waals surface area contributed by atoms with Gasteiger partial charge in [-0.15, -0.1) is 0 Å². The van der Waals surface area contributed by atoms with Crippen LogP contribution in [0.25, 0.3) is 28.2 Å². The molecule has 0 atom stereocenters. The van der Waals surface area contributed by atoms with Crippen molar-refractivity contribution in [3.8, 4) is 22.5 Å². The zero-order valence-corrected chi connectivity index (χ0v) is 22.8. The normalized spacial score (nSPS) is 14.0. The molecule has 13 heteroatoms. The smallest absolute Gasteiger partial charge is 0.257 e. The van der Waals surface area contributed by atoms with Crippen LogP contribution >= 0.6 is 0 Å². The van der Waals surface area contributed by atoms with Gasteiger partial charge in [0.15, 0.2) is 11.5 Å². The number of alkyl halides is 1. The van der Waals surface area contributed by atoms with Gasteiger partial charge in [-0.05, 0) is 48.9 Å². The van der Waals surface area contributed by atoms with E-state index in [-0.39, 0.29) is 23.9 Å². The van der Waals surface area contributed by atoms with Crippen molar-refractivity contribution >= 4 is 23.2 Å². The Bertz CT molecular complexity index is 1730. The minimum atomic E-state index is -0.755. The van der Waals surface area contributed by atoms with Gasteiger partial charge in [-0.3, -0.25) is 18.8 Å². The number of fused-ring (bicyclic) bond motifs is 1. The van der Waals surface area contributed by atoms with E-state index < -0.39 is 11.9 Å². The number of carbonyl (C=O) groups is 1. The summed E-state index contributed by atoms with van der Waals surface area (Å²) in [4.78, 5) is 25.0. The second-order valence-electron chi connectivity index (χ2n) is 10.0. The van der Waals surface area contributed by atoms with Crippen LogP contribution in [0, 0.1) is 11.8 Å². The maximum atomic E-state index is 13.8. The molecule has 1 aliphatic heterocycles. The Labute approximate surface area is 239 Å². The summed E-state index contributed by atoms with van der Waals surface area (Å²) >= 11 is 0. The fourth-order valence-corrected chi connectivity index (χ4v) is 5.20. The van der Waals surface area contributed by atoms with E-state index in [1.807, 2.05) is 17.8 Å². The Morgan fingerprint density at radius 3 is 2.52 bits per heavy atom. The van der Waals surface area contributed by atoms with Gasteiger partial charge in [0.1, 0.15) is 17.3 Å². The summed E-state index contributed by atoms with van der Waals surface area (Å²) in [6, 6.07) is 12.2. The predicted octanol–water partition coefficient (Wildman–Crippen LogP) is 4.20. The number of carbonyl (C=O) groups excluding carboxylic acids is 1. The molecule has 1 saturated heterocycles. The molecule has 5 aromatic rings. The van der Waals surface area contributed by atoms with Gasteiger partial charge >= 0.3 is 0 Å². The van der Waals surface area contributed by atoms with Gasteiger partial charge in [-0.25, -0.2) is 18.9 Å². The topological polar surface area (TPSA) is 96.5 Å². The summed E-state index contributed by atoms with van der Waals surface area (Å²) in [6.07, 6.45) is 3.31. The van der Waals surface area contributed by atoms with Gasteiger partial charge in [-0.1, -0.05) is 0 Å². The number of pyridine rings is 1. The van der Waals surface area contributed by atoms with Crippen molar-refractivity contribution in [2.45, 2.75) is 6.42 Å². The second-order valence-corrected chi connectivity index (χ2v) is 10.0. The Kier molecular flexibility index (Phi) is 7.57. The molecule has 1 fully saturated rings. The van der Waals surface area contributed by atoms with Crippen molar-refractivity contribution in [1.29, 1.82) is 0 Å². The first-order valence-electron chi connectivity index (χ1n) is 13.6. The SMILES string of the molecule is Cn1nc(-c2ccc(F)cc2)c(-c2ccc3nc(NC(=O)c4ccnc(F)c4)cn3n2)c1N1CCN(CCCF)CC1. The minimum Gasteiger partial charge on any atom is -0.354 e. The first-order valence-corrected chi connectivity index (χ1v) is 13.6. The predicted molar refractivity (Wildman–Crippen MR) is 152 cm³/mol. The number of nitrogens with one attached hydrogen (secondary N) is 1. The van der Waals surface area contributed by atoms with Gasteiger partial charge in [0.05, 0.1) is 24.1 Å². The molecule has 0 spiro atoms. The van der Waals surface area contributed by atoms with Crippen LogP contribution in [0.5, 0.6) is 0 Å². The standard InChI is InChI=1S/C29H28F3N9O/c1-38-29(40-15-13-39(14-16-40)12-2-10-30)26(27(37-38)19-3-5-21(31)6-4-19)22-7-8-25-34-24(18-41(25)36-22)35-28(42)20-9-11-33-23(32)17-20/h3-9,11,17-18H,2,10,12-16H2,1H3,(H,35,42). The molecule has 5 heterocycles. The zero-order chi connectivity index (χ0) is 29.2. The Hall–Kier alpha value is -4.78. The van der Waals surface area contributed by atoms with Crippen LogP contribution in [0.3, 0.4) is 0 Å². The highest BCUT2D eigenvalue weighted by Crippen LogP contribution is 2.39. The molecule has 6 rings (SSSR count). The maximum Gasteiger partial charge on any atom is 0.257 e. The molecule has 4 aromatic heterocycles. The average Bonchev–Trinajstić information content (AvgIpc) is 3.56. The molecule has 0 saturated carbocycles. The number of aryl methyl sites for hydroxylation is 1. The quantitative estimate of drug-likeness (QED) is 0.277. The second kappa shape index (κ2) is 11.6. The largest absolute Gasteiger partial charge is 0.354 e. The van der Waals surface area contributed by atoms with Crippen LogP contribution in [-0.4, -0.2) is 79.6 Å². The maximum absolute atomic E-state index is 13.8. The summed E-state index contributed by atoms with van der Waals surface area (Å²) in [5, 5.41) is 12.3. The Balaban J connectivity index is 1.36. The molecule has 1 N–H and O–H groups in total. The molecule has 1 aliphatic rings. The highest BCUT2D eigenvalue weighted by Gasteiger charge is 2.27. The van der Waals surface area contributed by atoms with E-state index in [4.69, 9.17) is 10.2 Å². The third kappa shape index (κ3) is 5.55. The number of rotatable bonds is 8. The van der Waals surface area contributed by atoms with Gasteiger partial charge in [0.2, 0.25) is 5.95 Å². The number of benzene rings is 1. The van der Waals surface area contributed by atoms with Gasteiger partial charge < -0.3 is 10.2 Å². The number of piperazine rings is 1. The molecule has 0 radical (unpaired) electrons. The molecule has 10 nitrogen and oxygen atoms in total. The van der Waals surface area contributed by atoms with Gasteiger partial charge in [-0.2, -0.15) is 14.6 Å². The molecule has 1 amide bonds. The summed E-state index contributed by atoms with van der Waals surface area (Å²) in [6.45, 7) is 3.41. The molecular weight excluding hydrogens is 547 g/mol. The van der Waals surface area contributed by atoms with Crippen molar-refractivity contribution < 1.29 is 18.0 Å². The van der Waals surface area contributed by atoms with E-state index >= 15 is 0 Å². The van der Waals surface area contributed by atoms with Crippen molar-refractivity contribution in [2.24, 2.45) is 7.05 Å². The number of hydrogen-bond donors (Lipinski definition) is 1. The molecule has 0 aliphatic carbocycles. The summed E-state index contributed by atoms with van der Waals surface area (Å²) in [5.41, 5.74) is 3.37. The van der Waals surface area contributed by atoms with E-state index in [2.05, 4.69) is 25.1 Å². The number of imidazole rings is 1. The molecule has 1 aromatic carbocycles. The highest BCUT2D eigenvalue weighted by molar-refractivity contribution is 6.03. The van der Waals surface area contributed by atoms with Crippen molar-refractivity contribution in [2.75, 3.05) is 49.6 Å². The number of anilines is 2. The third-order valence-corrected chi connectivity index (χ3v) is 7.22. The lowest BCUT2D eigenvalue weighted by Crippen LogP contribution is -2.47. The highest BCUT2D eigenvalue weighted by atomic mass is 19.1. The number of aromatic nitrogens is 6. The fourth-order valence-electron chi connectivity index (χ4n) is 5.20. The van der Waals surface area contributed by atoms with E-state index in [9.17, 15) is 18.0 Å². The molecule has 0 unspecified atom stereocenters. The lowest BCUT2D eigenvalue weighted by Gasteiger charge is -2.36. The van der Waals surface area contributed by atoms with Crippen LogP contribution in [-0.2, 0) is 7.05 Å². The summed E-state index contributed by atoms with van der Waals surface area (Å²) in [7, 11) is 1.87. The Morgan fingerprint density at radius 2 is 1.79 bits per heavy atom. The zero-order valence-electron chi connectivity index (χ0n) is 22.8. The summed E-state index contributed by atoms with van der Waals surface area (Å²) < 4.78 is 43.4. The van der Waals surface area contributed by atoms with Crippen LogP contribution in [0.2, 0.25) is 0 Å². The number of hydrogen-bond acceptors (Lipinski definition) is 7. The number of nitrogens with zero attached hydrogens (tertiary/aromatic N) is 8.